The largest absolute Gasteiger partial charge is 0.296 e. The molecule has 0 atom stereocenters. The summed E-state index contributed by atoms with van der Waals surface area (Å²) in [6, 6.07) is 7.27. The van der Waals surface area contributed by atoms with Gasteiger partial charge in [-0.15, -0.1) is 10.2 Å². The van der Waals surface area contributed by atoms with Gasteiger partial charge in [0.05, 0.1) is 5.69 Å². The Morgan fingerprint density at radius 1 is 1.03 bits per heavy atom. The Morgan fingerprint density at radius 2 is 1.72 bits per heavy atom. The summed E-state index contributed by atoms with van der Waals surface area (Å²) in [4.78, 5) is 16.6. The average molecular weight is 407 g/mol. The molecule has 0 radical (unpaired) electrons. The summed E-state index contributed by atoms with van der Waals surface area (Å²) in [5.74, 6) is 2.44. The molecule has 0 saturated heterocycles. The van der Waals surface area contributed by atoms with Crippen LogP contribution in [0.25, 0.3) is 5.69 Å². The number of amides is 1. The van der Waals surface area contributed by atoms with Crippen LogP contribution in [0.15, 0.2) is 36.9 Å². The van der Waals surface area contributed by atoms with E-state index in [1.54, 1.807) is 34.5 Å². The standard InChI is InChI=1S/C21H22N6OS/c28-18(16-1-3-17(4-2-16)27-12-22-11-23-27)24-20-26-25-19(29-20)21-8-13-5-14(9-21)7-15(6-13)10-21/h1-4,11-15H,5-10H2,(H,24,26,28). The summed E-state index contributed by atoms with van der Waals surface area (Å²) < 4.78 is 1.66. The van der Waals surface area contributed by atoms with Crippen molar-refractivity contribution in [3.8, 4) is 5.69 Å². The maximum atomic E-state index is 12.7. The first-order valence-electron chi connectivity index (χ1n) is 10.3. The third kappa shape index (κ3) is 2.97. The normalized spacial score (nSPS) is 29.9. The van der Waals surface area contributed by atoms with Gasteiger partial charge in [0.15, 0.2) is 0 Å². The number of aromatic nitrogens is 5. The molecule has 148 valence electrons. The van der Waals surface area contributed by atoms with Crippen LogP contribution in [0.5, 0.6) is 0 Å². The molecule has 3 aromatic rings. The molecule has 4 bridgehead atoms. The molecule has 29 heavy (non-hydrogen) atoms. The average Bonchev–Trinajstić information content (AvgIpc) is 3.40. The van der Waals surface area contributed by atoms with Crippen LogP contribution in [-0.2, 0) is 5.41 Å². The quantitative estimate of drug-likeness (QED) is 0.711. The molecule has 0 aliphatic heterocycles. The minimum Gasteiger partial charge on any atom is -0.296 e. The molecular weight excluding hydrogens is 384 g/mol. The van der Waals surface area contributed by atoms with Gasteiger partial charge < -0.3 is 0 Å². The monoisotopic (exact) mass is 406 g/mol. The summed E-state index contributed by atoms with van der Waals surface area (Å²) in [7, 11) is 0. The van der Waals surface area contributed by atoms with E-state index in [1.807, 2.05) is 12.1 Å². The van der Waals surface area contributed by atoms with E-state index < -0.39 is 0 Å². The van der Waals surface area contributed by atoms with E-state index in [4.69, 9.17) is 0 Å². The summed E-state index contributed by atoms with van der Waals surface area (Å²) >= 11 is 1.57. The van der Waals surface area contributed by atoms with Crippen LogP contribution in [-0.4, -0.2) is 30.9 Å². The van der Waals surface area contributed by atoms with Gasteiger partial charge in [0.25, 0.3) is 5.91 Å². The smallest absolute Gasteiger partial charge is 0.257 e. The third-order valence-corrected chi connectivity index (χ3v) is 8.04. The van der Waals surface area contributed by atoms with E-state index in [2.05, 4.69) is 25.6 Å². The lowest BCUT2D eigenvalue weighted by Gasteiger charge is -2.55. The molecule has 4 aliphatic rings. The van der Waals surface area contributed by atoms with Gasteiger partial charge in [-0.05, 0) is 80.5 Å². The second-order valence-corrected chi connectivity index (χ2v) is 9.93. The number of anilines is 1. The number of carbonyl (C=O) groups excluding carboxylic acids is 1. The highest BCUT2D eigenvalue weighted by Crippen LogP contribution is 2.61. The zero-order valence-electron chi connectivity index (χ0n) is 16.0. The molecule has 0 spiro atoms. The molecule has 8 heteroatoms. The molecular formula is C21H22N6OS. The van der Waals surface area contributed by atoms with E-state index in [9.17, 15) is 4.79 Å². The van der Waals surface area contributed by atoms with Gasteiger partial charge in [-0.3, -0.25) is 10.1 Å². The summed E-state index contributed by atoms with van der Waals surface area (Å²) in [6.07, 6.45) is 11.1. The van der Waals surface area contributed by atoms with Crippen LogP contribution >= 0.6 is 11.3 Å². The lowest BCUT2D eigenvalue weighted by molar-refractivity contribution is -0.00555. The molecule has 1 N–H and O–H groups in total. The van der Waals surface area contributed by atoms with Crippen LogP contribution in [0.3, 0.4) is 0 Å². The third-order valence-electron chi connectivity index (χ3n) is 6.95. The fourth-order valence-electron chi connectivity index (χ4n) is 6.14. The van der Waals surface area contributed by atoms with Crippen LogP contribution in [0.2, 0.25) is 0 Å². The Morgan fingerprint density at radius 3 is 2.34 bits per heavy atom. The highest BCUT2D eigenvalue weighted by atomic mass is 32.1. The van der Waals surface area contributed by atoms with E-state index in [0.29, 0.717) is 10.7 Å². The van der Waals surface area contributed by atoms with Gasteiger partial charge in [-0.25, -0.2) is 9.67 Å². The Labute approximate surface area is 172 Å². The number of hydrogen-bond donors (Lipinski definition) is 1. The van der Waals surface area contributed by atoms with Crippen molar-refractivity contribution in [1.29, 1.82) is 0 Å². The first-order valence-corrected chi connectivity index (χ1v) is 11.1. The van der Waals surface area contributed by atoms with Gasteiger partial charge in [0.1, 0.15) is 17.7 Å². The van der Waals surface area contributed by atoms with Crippen molar-refractivity contribution in [2.45, 2.75) is 43.9 Å². The zero-order valence-corrected chi connectivity index (χ0v) is 16.8. The number of hydrogen-bond acceptors (Lipinski definition) is 6. The topological polar surface area (TPSA) is 85.6 Å². The molecule has 0 unspecified atom stereocenters. The second kappa shape index (κ2) is 6.45. The number of benzene rings is 1. The van der Waals surface area contributed by atoms with Crippen molar-refractivity contribution in [2.75, 3.05) is 5.32 Å². The van der Waals surface area contributed by atoms with Gasteiger partial charge in [-0.2, -0.15) is 5.10 Å². The molecule has 1 amide bonds. The van der Waals surface area contributed by atoms with Gasteiger partial charge in [-0.1, -0.05) is 11.3 Å². The summed E-state index contributed by atoms with van der Waals surface area (Å²) in [6.45, 7) is 0. The van der Waals surface area contributed by atoms with Crippen molar-refractivity contribution >= 4 is 22.4 Å². The Kier molecular flexibility index (Phi) is 3.84. The van der Waals surface area contributed by atoms with Crippen molar-refractivity contribution in [1.82, 2.24) is 25.0 Å². The first kappa shape index (κ1) is 17.3. The van der Waals surface area contributed by atoms with E-state index in [0.717, 1.165) is 28.4 Å². The fourth-order valence-corrected chi connectivity index (χ4v) is 7.09. The number of nitrogens with one attached hydrogen (secondary N) is 1. The lowest BCUT2D eigenvalue weighted by Crippen LogP contribution is -2.48. The Bertz CT molecular complexity index is 1010. The molecule has 7 rings (SSSR count). The van der Waals surface area contributed by atoms with Crippen LogP contribution in [0.1, 0.15) is 53.9 Å². The molecule has 4 fully saturated rings. The fraction of sp³-hybridized carbons (Fsp3) is 0.476. The van der Waals surface area contributed by atoms with Crippen LogP contribution in [0, 0.1) is 17.8 Å². The predicted octanol–water partition coefficient (Wildman–Crippen LogP) is 3.84. The molecule has 2 aromatic heterocycles. The predicted molar refractivity (Wildman–Crippen MR) is 109 cm³/mol. The summed E-state index contributed by atoms with van der Waals surface area (Å²) in [5.41, 5.74) is 1.66. The van der Waals surface area contributed by atoms with Crippen molar-refractivity contribution in [2.24, 2.45) is 17.8 Å². The van der Waals surface area contributed by atoms with Crippen molar-refractivity contribution in [3.63, 3.8) is 0 Å². The van der Waals surface area contributed by atoms with E-state index in [1.165, 1.54) is 44.9 Å². The minimum atomic E-state index is -0.164. The number of carbonyl (C=O) groups is 1. The van der Waals surface area contributed by atoms with Gasteiger partial charge in [0, 0.05) is 11.0 Å². The lowest BCUT2D eigenvalue weighted by atomic mass is 9.50. The maximum absolute atomic E-state index is 12.7. The van der Waals surface area contributed by atoms with Crippen LogP contribution in [0.4, 0.5) is 5.13 Å². The van der Waals surface area contributed by atoms with Crippen molar-refractivity contribution < 1.29 is 4.79 Å². The number of nitrogens with zero attached hydrogens (tertiary/aromatic N) is 5. The highest BCUT2D eigenvalue weighted by molar-refractivity contribution is 7.15. The highest BCUT2D eigenvalue weighted by Gasteiger charge is 2.53. The Balaban J connectivity index is 1.18. The second-order valence-electron chi connectivity index (χ2n) is 8.95. The molecule has 4 saturated carbocycles. The first-order chi connectivity index (χ1) is 14.2. The van der Waals surface area contributed by atoms with Crippen molar-refractivity contribution in [3.05, 3.63) is 47.5 Å². The van der Waals surface area contributed by atoms with Gasteiger partial charge >= 0.3 is 0 Å². The minimum absolute atomic E-state index is 0.164. The summed E-state index contributed by atoms with van der Waals surface area (Å²) in [5, 5.41) is 17.6. The molecule has 2 heterocycles. The molecule has 1 aromatic carbocycles. The Hall–Kier alpha value is -2.61. The van der Waals surface area contributed by atoms with Crippen LogP contribution < -0.4 is 5.32 Å². The van der Waals surface area contributed by atoms with Gasteiger partial charge in [0.2, 0.25) is 5.13 Å². The zero-order chi connectivity index (χ0) is 19.4. The molecule has 4 aliphatic carbocycles. The maximum Gasteiger partial charge on any atom is 0.257 e. The van der Waals surface area contributed by atoms with E-state index in [-0.39, 0.29) is 11.3 Å². The van der Waals surface area contributed by atoms with E-state index >= 15 is 0 Å². The SMILES string of the molecule is O=C(Nc1nnc(C23CC4CC(CC(C4)C2)C3)s1)c1ccc(-n2cncn2)cc1. The molecule has 7 nitrogen and oxygen atoms in total. The number of rotatable bonds is 4.